The Labute approximate surface area is 88.5 Å². The van der Waals surface area contributed by atoms with Crippen molar-refractivity contribution < 1.29 is 4.57 Å². The Kier molecular flexibility index (Phi) is 3.82. The zero-order chi connectivity index (χ0) is 10.9. The predicted octanol–water partition coefficient (Wildman–Crippen LogP) is 3.57. The lowest BCUT2D eigenvalue weighted by Gasteiger charge is -2.38. The van der Waals surface area contributed by atoms with Crippen molar-refractivity contribution in [3.8, 4) is 0 Å². The Hall–Kier alpha value is 0.190. The van der Waals surface area contributed by atoms with Crippen LogP contribution in [-0.2, 0) is 4.57 Å². The van der Waals surface area contributed by atoms with Gasteiger partial charge in [0.25, 0.3) is 0 Å². The molecule has 0 bridgehead atoms. The smallest absolute Gasteiger partial charge is 0.153 e. The van der Waals surface area contributed by atoms with Crippen molar-refractivity contribution in [1.82, 2.24) is 4.67 Å². The molecule has 0 aromatic carbocycles. The van der Waals surface area contributed by atoms with E-state index in [9.17, 15) is 4.57 Å². The van der Waals surface area contributed by atoms with Gasteiger partial charge in [-0.1, -0.05) is 6.92 Å². The topological polar surface area (TPSA) is 20.3 Å². The first kappa shape index (κ1) is 12.3. The van der Waals surface area contributed by atoms with Crippen LogP contribution in [0.15, 0.2) is 0 Å². The first-order valence-corrected chi connectivity index (χ1v) is 7.68. The molecular weight excluding hydrogens is 193 g/mol. The molecule has 1 aliphatic rings. The molecule has 0 aromatic heterocycles. The third-order valence-corrected chi connectivity index (χ3v) is 7.54. The third kappa shape index (κ3) is 2.06. The van der Waals surface area contributed by atoms with E-state index >= 15 is 0 Å². The molecule has 0 spiro atoms. The number of hydrogen-bond acceptors (Lipinski definition) is 1. The minimum absolute atomic E-state index is 0.404. The molecule has 0 aromatic rings. The van der Waals surface area contributed by atoms with Crippen LogP contribution in [0.3, 0.4) is 0 Å². The minimum Gasteiger partial charge on any atom is -0.306 e. The predicted molar refractivity (Wildman–Crippen MR) is 63.3 cm³/mol. The second-order valence-electron chi connectivity index (χ2n) is 5.04. The molecule has 2 nitrogen and oxygen atoms in total. The SMILES string of the molecule is CC(C)N(C(C)C)[P@]1(=O)CCC[C@H]1C. The van der Waals surface area contributed by atoms with Gasteiger partial charge in [0.05, 0.1) is 0 Å². The van der Waals surface area contributed by atoms with Crippen LogP contribution in [0.1, 0.15) is 47.5 Å². The normalized spacial score (nSPS) is 33.6. The van der Waals surface area contributed by atoms with Gasteiger partial charge in [0.1, 0.15) is 0 Å². The quantitative estimate of drug-likeness (QED) is 0.674. The van der Waals surface area contributed by atoms with E-state index in [1.54, 1.807) is 0 Å². The monoisotopic (exact) mass is 217 g/mol. The number of rotatable bonds is 3. The maximum Gasteiger partial charge on any atom is 0.153 e. The molecule has 0 radical (unpaired) electrons. The Balaban J connectivity index is 2.92. The fraction of sp³-hybridized carbons (Fsp3) is 1.00. The molecule has 1 fully saturated rings. The van der Waals surface area contributed by atoms with Crippen molar-refractivity contribution in [3.05, 3.63) is 0 Å². The molecule has 14 heavy (non-hydrogen) atoms. The van der Waals surface area contributed by atoms with Crippen molar-refractivity contribution in [3.63, 3.8) is 0 Å². The second kappa shape index (κ2) is 4.37. The number of hydrogen-bond donors (Lipinski definition) is 0. The summed E-state index contributed by atoms with van der Waals surface area (Å²) in [6.07, 6.45) is 3.23. The highest BCUT2D eigenvalue weighted by Gasteiger charge is 2.42. The highest BCUT2D eigenvalue weighted by atomic mass is 31.2. The molecule has 0 N–H and O–H groups in total. The lowest BCUT2D eigenvalue weighted by molar-refractivity contribution is 0.298. The highest BCUT2D eigenvalue weighted by Crippen LogP contribution is 2.62. The van der Waals surface area contributed by atoms with Crippen LogP contribution >= 0.6 is 7.29 Å². The van der Waals surface area contributed by atoms with Gasteiger partial charge < -0.3 is 4.57 Å². The lowest BCUT2D eigenvalue weighted by Crippen LogP contribution is -2.36. The van der Waals surface area contributed by atoms with E-state index in [2.05, 4.69) is 39.3 Å². The van der Waals surface area contributed by atoms with Crippen LogP contribution in [0.2, 0.25) is 0 Å². The summed E-state index contributed by atoms with van der Waals surface area (Å²) < 4.78 is 15.1. The average molecular weight is 217 g/mol. The molecule has 3 heteroatoms. The molecule has 0 unspecified atom stereocenters. The van der Waals surface area contributed by atoms with Crippen molar-refractivity contribution in [2.24, 2.45) is 0 Å². The van der Waals surface area contributed by atoms with Gasteiger partial charge in [-0.3, -0.25) is 0 Å². The zero-order valence-corrected chi connectivity index (χ0v) is 11.1. The molecule has 1 rings (SSSR count). The maximum atomic E-state index is 12.9. The van der Waals surface area contributed by atoms with Crippen molar-refractivity contribution >= 4 is 7.29 Å². The number of nitrogens with zero attached hydrogens (tertiary/aromatic N) is 1. The maximum absolute atomic E-state index is 12.9. The second-order valence-corrected chi connectivity index (χ2v) is 8.34. The Bertz CT molecular complexity index is 229. The Morgan fingerprint density at radius 1 is 1.21 bits per heavy atom. The van der Waals surface area contributed by atoms with Crippen LogP contribution in [0.5, 0.6) is 0 Å². The van der Waals surface area contributed by atoms with Crippen molar-refractivity contribution in [1.29, 1.82) is 0 Å². The molecule has 84 valence electrons. The molecule has 0 amide bonds. The Morgan fingerprint density at radius 3 is 2.00 bits per heavy atom. The first-order chi connectivity index (χ1) is 6.39. The lowest BCUT2D eigenvalue weighted by atomic mass is 10.3. The fourth-order valence-corrected chi connectivity index (χ4v) is 6.67. The summed E-state index contributed by atoms with van der Waals surface area (Å²) in [5, 5.41) is 0. The standard InChI is InChI=1S/C11H24NOP/c1-9(2)12(10(3)4)14(13)8-6-7-11(14)5/h9-11H,6-8H2,1-5H3/t11-,14+/m1/s1. The molecule has 1 heterocycles. The molecule has 0 saturated carbocycles. The average Bonchev–Trinajstić information content (AvgIpc) is 2.30. The van der Waals surface area contributed by atoms with E-state index in [0.29, 0.717) is 17.7 Å². The van der Waals surface area contributed by atoms with Gasteiger partial charge in [0.15, 0.2) is 7.29 Å². The van der Waals surface area contributed by atoms with Gasteiger partial charge in [-0.15, -0.1) is 0 Å². The summed E-state index contributed by atoms with van der Waals surface area (Å²) in [4.78, 5) is 0. The highest BCUT2D eigenvalue weighted by molar-refractivity contribution is 7.62. The van der Waals surface area contributed by atoms with Crippen molar-refractivity contribution in [2.75, 3.05) is 6.16 Å². The van der Waals surface area contributed by atoms with E-state index < -0.39 is 7.29 Å². The van der Waals surface area contributed by atoms with Crippen LogP contribution < -0.4 is 0 Å². The molecule has 1 aliphatic heterocycles. The summed E-state index contributed by atoms with van der Waals surface area (Å²) in [5.41, 5.74) is 0.410. The molecule has 0 aliphatic carbocycles. The van der Waals surface area contributed by atoms with E-state index in [-0.39, 0.29) is 0 Å². The fourth-order valence-electron chi connectivity index (χ4n) is 2.76. The summed E-state index contributed by atoms with van der Waals surface area (Å²) in [7, 11) is -2.05. The van der Waals surface area contributed by atoms with E-state index in [4.69, 9.17) is 0 Å². The summed E-state index contributed by atoms with van der Waals surface area (Å²) in [6, 6.07) is 0.808. The zero-order valence-electron chi connectivity index (χ0n) is 10.2. The van der Waals surface area contributed by atoms with Gasteiger partial charge in [-0.05, 0) is 40.5 Å². The Morgan fingerprint density at radius 2 is 1.71 bits per heavy atom. The van der Waals surface area contributed by atoms with Crippen LogP contribution in [0.4, 0.5) is 0 Å². The largest absolute Gasteiger partial charge is 0.306 e. The summed E-state index contributed by atoms with van der Waals surface area (Å²) in [6.45, 7) is 10.8. The van der Waals surface area contributed by atoms with E-state index in [1.165, 1.54) is 0 Å². The van der Waals surface area contributed by atoms with Crippen LogP contribution in [0.25, 0.3) is 0 Å². The van der Waals surface area contributed by atoms with Gasteiger partial charge in [0.2, 0.25) is 0 Å². The molecular formula is C11H24NOP. The van der Waals surface area contributed by atoms with Crippen LogP contribution in [-0.4, -0.2) is 28.6 Å². The minimum atomic E-state index is -2.05. The van der Waals surface area contributed by atoms with Crippen molar-refractivity contribution in [2.45, 2.75) is 65.2 Å². The van der Waals surface area contributed by atoms with Gasteiger partial charge in [-0.2, -0.15) is 0 Å². The van der Waals surface area contributed by atoms with E-state index in [0.717, 1.165) is 19.0 Å². The summed E-state index contributed by atoms with van der Waals surface area (Å²) in [5.74, 6) is 0. The molecule has 1 saturated heterocycles. The first-order valence-electron chi connectivity index (χ1n) is 5.77. The van der Waals surface area contributed by atoms with Gasteiger partial charge in [0, 0.05) is 23.9 Å². The third-order valence-electron chi connectivity index (χ3n) is 3.24. The van der Waals surface area contributed by atoms with Crippen LogP contribution in [0, 0.1) is 0 Å². The summed E-state index contributed by atoms with van der Waals surface area (Å²) >= 11 is 0. The van der Waals surface area contributed by atoms with E-state index in [1.807, 2.05) is 0 Å². The van der Waals surface area contributed by atoms with Gasteiger partial charge >= 0.3 is 0 Å². The van der Waals surface area contributed by atoms with Gasteiger partial charge in [-0.25, -0.2) is 4.67 Å². The molecule has 2 atom stereocenters.